The molecule has 1 fully saturated rings. The van der Waals surface area contributed by atoms with Gasteiger partial charge in [0, 0.05) is 6.54 Å². The molecule has 1 saturated heterocycles. The molecule has 0 saturated carbocycles. The SMILES string of the molecule is Cc1nnc(CN(C)CC2CCCNC2)s1.Cl.Cl. The fourth-order valence-electron chi connectivity index (χ4n) is 2.22. The number of halogens is 2. The number of nitrogens with one attached hydrogen (secondary N) is 1. The number of aryl methyl sites for hydroxylation is 1. The molecule has 1 aliphatic rings. The zero-order valence-electron chi connectivity index (χ0n) is 10.9. The Balaban J connectivity index is 0.00000144. The second-order valence-electron chi connectivity index (χ2n) is 4.62. The maximum absolute atomic E-state index is 4.16. The van der Waals surface area contributed by atoms with Crippen molar-refractivity contribution in [3.8, 4) is 0 Å². The van der Waals surface area contributed by atoms with Crippen LogP contribution in [0.2, 0.25) is 0 Å². The summed E-state index contributed by atoms with van der Waals surface area (Å²) in [5.74, 6) is 0.799. The van der Waals surface area contributed by atoms with Gasteiger partial charge in [0.2, 0.25) is 0 Å². The Kier molecular flexibility index (Phi) is 9.07. The first-order valence-electron chi connectivity index (χ1n) is 5.92. The third-order valence-electron chi connectivity index (χ3n) is 2.94. The molecule has 2 rings (SSSR count). The van der Waals surface area contributed by atoms with Crippen molar-refractivity contribution in [2.75, 3.05) is 26.7 Å². The van der Waals surface area contributed by atoms with Crippen molar-refractivity contribution in [2.24, 2.45) is 5.92 Å². The number of rotatable bonds is 4. The molecule has 4 nitrogen and oxygen atoms in total. The number of hydrogen-bond donors (Lipinski definition) is 1. The molecule has 1 N–H and O–H groups in total. The molecule has 1 aromatic rings. The third-order valence-corrected chi connectivity index (χ3v) is 3.77. The van der Waals surface area contributed by atoms with E-state index in [4.69, 9.17) is 0 Å². The number of nitrogens with zero attached hydrogens (tertiary/aromatic N) is 3. The van der Waals surface area contributed by atoms with E-state index in [0.717, 1.165) is 29.0 Å². The number of piperidine rings is 1. The molecular weight excluding hydrogens is 291 g/mol. The minimum absolute atomic E-state index is 0. The van der Waals surface area contributed by atoms with Gasteiger partial charge >= 0.3 is 0 Å². The minimum atomic E-state index is 0. The van der Waals surface area contributed by atoms with E-state index in [1.807, 2.05) is 6.92 Å². The first-order chi connectivity index (χ1) is 7.74. The minimum Gasteiger partial charge on any atom is -0.316 e. The van der Waals surface area contributed by atoms with E-state index < -0.39 is 0 Å². The third kappa shape index (κ3) is 5.80. The number of aromatic nitrogens is 2. The van der Waals surface area contributed by atoms with E-state index in [2.05, 4.69) is 27.5 Å². The van der Waals surface area contributed by atoms with Gasteiger partial charge in [0.25, 0.3) is 0 Å². The summed E-state index contributed by atoms with van der Waals surface area (Å²) in [6, 6.07) is 0. The zero-order valence-corrected chi connectivity index (χ0v) is 13.3. The molecule has 0 amide bonds. The molecule has 0 spiro atoms. The Morgan fingerprint density at radius 1 is 1.39 bits per heavy atom. The monoisotopic (exact) mass is 312 g/mol. The maximum Gasteiger partial charge on any atom is 0.131 e. The molecular formula is C11H22Cl2N4S. The molecule has 1 aliphatic heterocycles. The van der Waals surface area contributed by atoms with Gasteiger partial charge in [-0.25, -0.2) is 0 Å². The van der Waals surface area contributed by atoms with Crippen LogP contribution in [0.15, 0.2) is 0 Å². The van der Waals surface area contributed by atoms with Crippen molar-refractivity contribution in [3.63, 3.8) is 0 Å². The Bertz CT molecular complexity index is 329. The Labute approximate surface area is 125 Å². The highest BCUT2D eigenvalue weighted by Crippen LogP contribution is 2.14. The lowest BCUT2D eigenvalue weighted by molar-refractivity contribution is 0.237. The first kappa shape index (κ1) is 18.1. The van der Waals surface area contributed by atoms with E-state index in [1.54, 1.807) is 11.3 Å². The summed E-state index contributed by atoms with van der Waals surface area (Å²) in [5.41, 5.74) is 0. The van der Waals surface area contributed by atoms with E-state index in [-0.39, 0.29) is 24.8 Å². The molecule has 0 aliphatic carbocycles. The van der Waals surface area contributed by atoms with Crippen molar-refractivity contribution in [1.29, 1.82) is 0 Å². The van der Waals surface area contributed by atoms with Gasteiger partial charge in [0.15, 0.2) is 0 Å². The van der Waals surface area contributed by atoms with Crippen LogP contribution in [0.3, 0.4) is 0 Å². The summed E-state index contributed by atoms with van der Waals surface area (Å²) in [6.07, 6.45) is 2.67. The Morgan fingerprint density at radius 2 is 2.17 bits per heavy atom. The predicted octanol–water partition coefficient (Wildman–Crippen LogP) is 2.12. The molecule has 1 aromatic heterocycles. The van der Waals surface area contributed by atoms with E-state index in [1.165, 1.54) is 25.9 Å². The fourth-order valence-corrected chi connectivity index (χ4v) is 3.01. The van der Waals surface area contributed by atoms with Gasteiger partial charge in [-0.15, -0.1) is 46.3 Å². The van der Waals surface area contributed by atoms with Crippen molar-refractivity contribution >= 4 is 36.2 Å². The Hall–Kier alpha value is 0.0600. The summed E-state index contributed by atoms with van der Waals surface area (Å²) in [5, 5.41) is 13.8. The van der Waals surface area contributed by atoms with Crippen LogP contribution in [-0.2, 0) is 6.54 Å². The largest absolute Gasteiger partial charge is 0.316 e. The second kappa shape index (κ2) is 9.04. The second-order valence-corrected chi connectivity index (χ2v) is 5.89. The molecule has 18 heavy (non-hydrogen) atoms. The maximum atomic E-state index is 4.16. The fraction of sp³-hybridized carbons (Fsp3) is 0.818. The van der Waals surface area contributed by atoms with Crippen molar-refractivity contribution in [1.82, 2.24) is 20.4 Å². The quantitative estimate of drug-likeness (QED) is 0.924. The number of hydrogen-bond acceptors (Lipinski definition) is 5. The van der Waals surface area contributed by atoms with Gasteiger partial charge in [-0.2, -0.15) is 0 Å². The van der Waals surface area contributed by atoms with Gasteiger partial charge in [-0.3, -0.25) is 4.90 Å². The average Bonchev–Trinajstić information content (AvgIpc) is 2.65. The Morgan fingerprint density at radius 3 is 2.72 bits per heavy atom. The molecule has 106 valence electrons. The van der Waals surface area contributed by atoms with Gasteiger partial charge in [0.1, 0.15) is 10.0 Å². The van der Waals surface area contributed by atoms with Crippen molar-refractivity contribution < 1.29 is 0 Å². The van der Waals surface area contributed by atoms with Crippen LogP contribution in [0.4, 0.5) is 0 Å². The molecule has 0 bridgehead atoms. The van der Waals surface area contributed by atoms with Crippen LogP contribution in [0, 0.1) is 12.8 Å². The summed E-state index contributed by atoms with van der Waals surface area (Å²) in [4.78, 5) is 2.36. The molecule has 1 atom stereocenters. The highest BCUT2D eigenvalue weighted by Gasteiger charge is 2.15. The lowest BCUT2D eigenvalue weighted by atomic mass is 9.99. The van der Waals surface area contributed by atoms with E-state index >= 15 is 0 Å². The standard InChI is InChI=1S/C11H20N4S.2ClH/c1-9-13-14-11(16-9)8-15(2)7-10-4-3-5-12-6-10;;/h10,12H,3-8H2,1-2H3;2*1H. The first-order valence-corrected chi connectivity index (χ1v) is 6.74. The summed E-state index contributed by atoms with van der Waals surface area (Å²) in [6.45, 7) is 6.45. The van der Waals surface area contributed by atoms with E-state index in [0.29, 0.717) is 0 Å². The molecule has 1 unspecified atom stereocenters. The molecule has 2 heterocycles. The summed E-state index contributed by atoms with van der Waals surface area (Å²) in [7, 11) is 2.17. The molecule has 7 heteroatoms. The van der Waals surface area contributed by atoms with Crippen LogP contribution >= 0.6 is 36.2 Å². The highest BCUT2D eigenvalue weighted by molar-refractivity contribution is 7.11. The van der Waals surface area contributed by atoms with E-state index in [9.17, 15) is 0 Å². The molecule has 0 radical (unpaired) electrons. The van der Waals surface area contributed by atoms with Crippen molar-refractivity contribution in [3.05, 3.63) is 10.0 Å². The van der Waals surface area contributed by atoms with Gasteiger partial charge in [0.05, 0.1) is 6.54 Å². The smallest absolute Gasteiger partial charge is 0.131 e. The zero-order chi connectivity index (χ0) is 11.4. The van der Waals surface area contributed by atoms with Crippen LogP contribution < -0.4 is 5.32 Å². The van der Waals surface area contributed by atoms with Crippen LogP contribution in [0.25, 0.3) is 0 Å². The van der Waals surface area contributed by atoms with Gasteiger partial charge in [-0.05, 0) is 45.8 Å². The lowest BCUT2D eigenvalue weighted by Crippen LogP contribution is -2.36. The predicted molar refractivity (Wildman–Crippen MR) is 81.1 cm³/mol. The van der Waals surface area contributed by atoms with Gasteiger partial charge < -0.3 is 5.32 Å². The van der Waals surface area contributed by atoms with Crippen molar-refractivity contribution in [2.45, 2.75) is 26.3 Å². The lowest BCUT2D eigenvalue weighted by Gasteiger charge is -2.26. The molecule has 0 aromatic carbocycles. The van der Waals surface area contributed by atoms with Gasteiger partial charge in [-0.1, -0.05) is 0 Å². The van der Waals surface area contributed by atoms with Crippen LogP contribution in [-0.4, -0.2) is 41.8 Å². The average molecular weight is 313 g/mol. The van der Waals surface area contributed by atoms with Crippen LogP contribution in [0.5, 0.6) is 0 Å². The van der Waals surface area contributed by atoms with Crippen LogP contribution in [0.1, 0.15) is 22.9 Å². The highest BCUT2D eigenvalue weighted by atomic mass is 35.5. The summed E-state index contributed by atoms with van der Waals surface area (Å²) < 4.78 is 0. The summed E-state index contributed by atoms with van der Waals surface area (Å²) >= 11 is 1.70. The topological polar surface area (TPSA) is 41.1 Å². The normalized spacial score (nSPS) is 19.2.